The summed E-state index contributed by atoms with van der Waals surface area (Å²) in [6.07, 6.45) is 7.85. The van der Waals surface area contributed by atoms with Crippen molar-refractivity contribution in [2.24, 2.45) is 0 Å². The van der Waals surface area contributed by atoms with Crippen molar-refractivity contribution in [3.05, 3.63) is 46.5 Å². The summed E-state index contributed by atoms with van der Waals surface area (Å²) in [4.78, 5) is 22.6. The quantitative estimate of drug-likeness (QED) is 0.641. The molecule has 0 unspecified atom stereocenters. The number of hydrogen-bond donors (Lipinski definition) is 0. The fraction of sp³-hybridized carbons (Fsp3) is 0.143. The van der Waals surface area contributed by atoms with Crippen LogP contribution in [0.1, 0.15) is 22.3 Å². The van der Waals surface area contributed by atoms with E-state index in [4.69, 9.17) is 0 Å². The van der Waals surface area contributed by atoms with Crippen LogP contribution in [0.15, 0.2) is 24.3 Å². The van der Waals surface area contributed by atoms with Crippen molar-refractivity contribution < 1.29 is 9.59 Å². The molecule has 4 heteroatoms. The third kappa shape index (κ3) is 3.13. The van der Waals surface area contributed by atoms with Crippen LogP contribution in [0.4, 0.5) is 0 Å². The van der Waals surface area contributed by atoms with Gasteiger partial charge >= 0.3 is 59.1 Å². The van der Waals surface area contributed by atoms with Gasteiger partial charge in [-0.05, 0) is 40.5 Å². The standard InChI is InChI=1S/C14H10O2.2Na.2H/c15-13-3-1-9-5-10-2-4-14(16)8-12(10)6-11(9)7-13;;;;/h1-6H,7-8H2;;;;. The average Bonchev–Trinajstić information content (AvgIpc) is 2.26. The van der Waals surface area contributed by atoms with Gasteiger partial charge in [0.2, 0.25) is 0 Å². The van der Waals surface area contributed by atoms with Crippen molar-refractivity contribution in [1.29, 1.82) is 0 Å². The Morgan fingerprint density at radius 3 is 1.56 bits per heavy atom. The van der Waals surface area contributed by atoms with E-state index in [1.807, 2.05) is 18.2 Å². The molecule has 0 heterocycles. The first-order valence-electron chi connectivity index (χ1n) is 5.30. The van der Waals surface area contributed by atoms with Crippen molar-refractivity contribution >= 4 is 82.8 Å². The summed E-state index contributed by atoms with van der Waals surface area (Å²) >= 11 is 0. The zero-order valence-electron chi connectivity index (χ0n) is 8.69. The number of carbonyl (C=O) groups excluding carboxylic acids is 2. The second-order valence-corrected chi connectivity index (χ2v) is 4.20. The van der Waals surface area contributed by atoms with E-state index in [9.17, 15) is 9.59 Å². The van der Waals surface area contributed by atoms with E-state index in [-0.39, 0.29) is 70.7 Å². The molecular formula is C14H12Na2O2. The van der Waals surface area contributed by atoms with Gasteiger partial charge < -0.3 is 0 Å². The van der Waals surface area contributed by atoms with Crippen LogP contribution in [-0.2, 0) is 22.4 Å². The summed E-state index contributed by atoms with van der Waals surface area (Å²) in [5.74, 6) is 0.259. The van der Waals surface area contributed by atoms with Crippen molar-refractivity contribution in [3.8, 4) is 0 Å². The second kappa shape index (κ2) is 6.47. The third-order valence-corrected chi connectivity index (χ3v) is 3.03. The molecule has 1 aromatic carbocycles. The number of ketones is 2. The van der Waals surface area contributed by atoms with Gasteiger partial charge in [0.05, 0.1) is 0 Å². The molecule has 0 amide bonds. The van der Waals surface area contributed by atoms with E-state index in [0.717, 1.165) is 22.3 Å². The van der Waals surface area contributed by atoms with E-state index in [0.29, 0.717) is 12.8 Å². The zero-order valence-corrected chi connectivity index (χ0v) is 8.69. The summed E-state index contributed by atoms with van der Waals surface area (Å²) in [6.45, 7) is 0. The first kappa shape index (κ1) is 16.1. The van der Waals surface area contributed by atoms with Crippen LogP contribution in [0.2, 0.25) is 0 Å². The van der Waals surface area contributed by atoms with E-state index in [1.54, 1.807) is 12.2 Å². The summed E-state index contributed by atoms with van der Waals surface area (Å²) in [5.41, 5.74) is 4.26. The number of benzene rings is 1. The van der Waals surface area contributed by atoms with Gasteiger partial charge in [-0.1, -0.05) is 18.2 Å². The fourth-order valence-corrected chi connectivity index (χ4v) is 2.21. The third-order valence-electron chi connectivity index (χ3n) is 3.03. The van der Waals surface area contributed by atoms with E-state index >= 15 is 0 Å². The zero-order chi connectivity index (χ0) is 11.1. The van der Waals surface area contributed by atoms with Gasteiger partial charge in [0.1, 0.15) is 0 Å². The van der Waals surface area contributed by atoms with Gasteiger partial charge in [0.25, 0.3) is 0 Å². The molecule has 3 rings (SSSR count). The van der Waals surface area contributed by atoms with Crippen molar-refractivity contribution in [2.75, 3.05) is 0 Å². The Hall–Kier alpha value is 0.0400. The Labute approximate surface area is 150 Å². The molecule has 0 aromatic heterocycles. The number of fused-ring (bicyclic) bond motifs is 2. The van der Waals surface area contributed by atoms with Crippen LogP contribution < -0.4 is 0 Å². The van der Waals surface area contributed by atoms with Crippen LogP contribution in [0, 0.1) is 0 Å². The molecule has 0 spiro atoms. The molecule has 0 radical (unpaired) electrons. The summed E-state index contributed by atoms with van der Waals surface area (Å²) in [7, 11) is 0. The average molecular weight is 258 g/mol. The van der Waals surface area contributed by atoms with Gasteiger partial charge in [-0.3, -0.25) is 9.59 Å². The van der Waals surface area contributed by atoms with Crippen molar-refractivity contribution in [3.63, 3.8) is 0 Å². The van der Waals surface area contributed by atoms with Crippen molar-refractivity contribution in [2.45, 2.75) is 12.8 Å². The minimum absolute atomic E-state index is 0. The molecule has 0 saturated carbocycles. The van der Waals surface area contributed by atoms with Crippen LogP contribution in [0.3, 0.4) is 0 Å². The Bertz CT molecular complexity index is 524. The molecular weight excluding hydrogens is 246 g/mol. The maximum absolute atomic E-state index is 11.3. The van der Waals surface area contributed by atoms with Crippen molar-refractivity contribution in [1.82, 2.24) is 0 Å². The molecule has 0 aliphatic heterocycles. The number of rotatable bonds is 0. The fourth-order valence-electron chi connectivity index (χ4n) is 2.21. The van der Waals surface area contributed by atoms with Crippen LogP contribution in [-0.4, -0.2) is 70.7 Å². The number of hydrogen-bond acceptors (Lipinski definition) is 2. The normalized spacial score (nSPS) is 15.3. The van der Waals surface area contributed by atoms with Gasteiger partial charge in [0, 0.05) is 12.8 Å². The predicted molar refractivity (Wildman–Crippen MR) is 76.2 cm³/mol. The molecule has 0 N–H and O–H groups in total. The molecule has 82 valence electrons. The Morgan fingerprint density at radius 2 is 1.11 bits per heavy atom. The van der Waals surface area contributed by atoms with Crippen LogP contribution in [0.5, 0.6) is 0 Å². The minimum atomic E-state index is 0. The Kier molecular flexibility index (Phi) is 5.78. The molecule has 0 saturated heterocycles. The summed E-state index contributed by atoms with van der Waals surface area (Å²) in [5, 5.41) is 0. The number of carbonyl (C=O) groups is 2. The molecule has 2 aliphatic rings. The van der Waals surface area contributed by atoms with Crippen LogP contribution in [0.25, 0.3) is 12.2 Å². The predicted octanol–water partition coefficient (Wildman–Crippen LogP) is 0.666. The van der Waals surface area contributed by atoms with Gasteiger partial charge in [-0.2, -0.15) is 0 Å². The summed E-state index contributed by atoms with van der Waals surface area (Å²) < 4.78 is 0. The molecule has 2 nitrogen and oxygen atoms in total. The molecule has 1 aromatic rings. The Morgan fingerprint density at radius 1 is 0.667 bits per heavy atom. The van der Waals surface area contributed by atoms with Gasteiger partial charge in [0.15, 0.2) is 11.6 Å². The van der Waals surface area contributed by atoms with E-state index in [2.05, 4.69) is 6.07 Å². The molecule has 2 aliphatic carbocycles. The summed E-state index contributed by atoms with van der Waals surface area (Å²) in [6, 6.07) is 4.05. The first-order valence-corrected chi connectivity index (χ1v) is 5.30. The van der Waals surface area contributed by atoms with E-state index in [1.165, 1.54) is 0 Å². The Balaban J connectivity index is 0.000000810. The van der Waals surface area contributed by atoms with Gasteiger partial charge in [-0.25, -0.2) is 0 Å². The topological polar surface area (TPSA) is 34.1 Å². The second-order valence-electron chi connectivity index (χ2n) is 4.20. The van der Waals surface area contributed by atoms with E-state index < -0.39 is 0 Å². The molecule has 0 bridgehead atoms. The van der Waals surface area contributed by atoms with Crippen LogP contribution >= 0.6 is 0 Å². The molecule has 0 atom stereocenters. The molecule has 18 heavy (non-hydrogen) atoms. The molecule has 0 fully saturated rings. The van der Waals surface area contributed by atoms with Gasteiger partial charge in [-0.15, -0.1) is 0 Å². The SMILES string of the molecule is O=C1C=Cc2cc3c(cc2C1)CC(=O)C=C3.[NaH].[NaH]. The monoisotopic (exact) mass is 258 g/mol. The number of allylic oxidation sites excluding steroid dienone is 2. The first-order chi connectivity index (χ1) is 7.72. The maximum atomic E-state index is 11.3.